The molecule has 7 nitrogen and oxygen atoms in total. The quantitative estimate of drug-likeness (QED) is 0.493. The number of hydrogen-bond acceptors (Lipinski definition) is 5. The van der Waals surface area contributed by atoms with Gasteiger partial charge in [0.05, 0.1) is 11.1 Å². The van der Waals surface area contributed by atoms with E-state index in [9.17, 15) is 14.9 Å². The molecule has 0 aliphatic heterocycles. The number of ether oxygens (including phenoxy) is 1. The predicted molar refractivity (Wildman–Crippen MR) is 90.4 cm³/mol. The van der Waals surface area contributed by atoms with Crippen LogP contribution in [-0.4, -0.2) is 23.1 Å². The molecule has 1 atom stereocenters. The number of hydrazone groups is 1. The van der Waals surface area contributed by atoms with Crippen LogP contribution in [0.2, 0.25) is 5.02 Å². The first-order chi connectivity index (χ1) is 11.5. The lowest BCUT2D eigenvalue weighted by molar-refractivity contribution is -0.384. The van der Waals surface area contributed by atoms with Gasteiger partial charge in [-0.1, -0.05) is 23.7 Å². The lowest BCUT2D eigenvalue weighted by Gasteiger charge is -2.12. The summed E-state index contributed by atoms with van der Waals surface area (Å²) >= 11 is 5.77. The van der Waals surface area contributed by atoms with Crippen molar-refractivity contribution >= 4 is 29.4 Å². The summed E-state index contributed by atoms with van der Waals surface area (Å²) in [4.78, 5) is 22.0. The van der Waals surface area contributed by atoms with E-state index in [1.807, 2.05) is 0 Å². The van der Waals surface area contributed by atoms with Gasteiger partial charge in [0.25, 0.3) is 11.6 Å². The Morgan fingerprint density at radius 1 is 1.25 bits per heavy atom. The van der Waals surface area contributed by atoms with E-state index in [0.717, 1.165) is 5.56 Å². The fourth-order valence-electron chi connectivity index (χ4n) is 1.71. The molecule has 24 heavy (non-hydrogen) atoms. The van der Waals surface area contributed by atoms with E-state index < -0.39 is 16.9 Å². The van der Waals surface area contributed by atoms with Crippen LogP contribution in [0.1, 0.15) is 12.5 Å². The molecule has 2 aromatic carbocycles. The number of benzene rings is 2. The van der Waals surface area contributed by atoms with E-state index in [2.05, 4.69) is 10.5 Å². The maximum absolute atomic E-state index is 11.9. The topological polar surface area (TPSA) is 93.8 Å². The minimum Gasteiger partial charge on any atom is -0.481 e. The monoisotopic (exact) mass is 347 g/mol. The van der Waals surface area contributed by atoms with Crippen molar-refractivity contribution in [3.05, 3.63) is 69.2 Å². The molecule has 1 N–H and O–H groups in total. The van der Waals surface area contributed by atoms with Gasteiger partial charge < -0.3 is 4.74 Å². The second kappa shape index (κ2) is 8.07. The van der Waals surface area contributed by atoms with Crippen molar-refractivity contribution in [3.8, 4) is 5.75 Å². The van der Waals surface area contributed by atoms with Gasteiger partial charge in [0.2, 0.25) is 0 Å². The van der Waals surface area contributed by atoms with Crippen LogP contribution in [0.15, 0.2) is 53.6 Å². The Hall–Kier alpha value is -2.93. The van der Waals surface area contributed by atoms with Gasteiger partial charge in [0.15, 0.2) is 6.10 Å². The summed E-state index contributed by atoms with van der Waals surface area (Å²) in [6.07, 6.45) is 0.668. The molecule has 0 saturated carbocycles. The first-order valence-corrected chi connectivity index (χ1v) is 7.33. The molecule has 0 heterocycles. The number of halogens is 1. The third-order valence-electron chi connectivity index (χ3n) is 2.99. The molecule has 1 amide bonds. The molecule has 0 aromatic heterocycles. The number of nitro benzene ring substituents is 1. The van der Waals surface area contributed by atoms with Crippen LogP contribution in [-0.2, 0) is 4.79 Å². The van der Waals surface area contributed by atoms with Crippen molar-refractivity contribution in [2.75, 3.05) is 0 Å². The van der Waals surface area contributed by atoms with Gasteiger partial charge >= 0.3 is 0 Å². The van der Waals surface area contributed by atoms with Crippen LogP contribution in [0.25, 0.3) is 0 Å². The molecule has 0 fully saturated rings. The molecule has 2 aromatic rings. The molecule has 0 unspecified atom stereocenters. The zero-order chi connectivity index (χ0) is 17.5. The Morgan fingerprint density at radius 3 is 2.46 bits per heavy atom. The molecule has 0 aliphatic rings. The highest BCUT2D eigenvalue weighted by Gasteiger charge is 2.14. The third kappa shape index (κ3) is 5.06. The summed E-state index contributed by atoms with van der Waals surface area (Å²) in [5.74, 6) is -0.0940. The number of amides is 1. The van der Waals surface area contributed by atoms with Gasteiger partial charge in [-0.2, -0.15) is 5.10 Å². The molecule has 2 rings (SSSR count). The second-order valence-electron chi connectivity index (χ2n) is 4.80. The maximum Gasteiger partial charge on any atom is 0.280 e. The van der Waals surface area contributed by atoms with E-state index in [1.165, 1.54) is 30.5 Å². The fourth-order valence-corrected chi connectivity index (χ4v) is 1.84. The van der Waals surface area contributed by atoms with Crippen molar-refractivity contribution in [2.24, 2.45) is 5.10 Å². The van der Waals surface area contributed by atoms with Crippen molar-refractivity contribution in [2.45, 2.75) is 13.0 Å². The lowest BCUT2D eigenvalue weighted by atomic mass is 10.2. The Kier molecular flexibility index (Phi) is 5.86. The summed E-state index contributed by atoms with van der Waals surface area (Å²) in [6.45, 7) is 1.55. The third-order valence-corrected chi connectivity index (χ3v) is 3.24. The number of rotatable bonds is 6. The van der Waals surface area contributed by atoms with E-state index in [4.69, 9.17) is 16.3 Å². The highest BCUT2D eigenvalue weighted by molar-refractivity contribution is 6.30. The zero-order valence-electron chi connectivity index (χ0n) is 12.7. The molecular weight excluding hydrogens is 334 g/mol. The Morgan fingerprint density at radius 2 is 1.88 bits per heavy atom. The normalized spacial score (nSPS) is 11.9. The fraction of sp³-hybridized carbons (Fsp3) is 0.125. The van der Waals surface area contributed by atoms with E-state index in [-0.39, 0.29) is 5.69 Å². The van der Waals surface area contributed by atoms with Crippen LogP contribution in [0.4, 0.5) is 5.69 Å². The second-order valence-corrected chi connectivity index (χ2v) is 5.23. The van der Waals surface area contributed by atoms with Gasteiger partial charge in [-0.3, -0.25) is 14.9 Å². The van der Waals surface area contributed by atoms with Crippen molar-refractivity contribution < 1.29 is 14.5 Å². The maximum atomic E-state index is 11.9. The molecule has 0 bridgehead atoms. The average molecular weight is 348 g/mol. The Balaban J connectivity index is 1.87. The first kappa shape index (κ1) is 17.4. The standard InChI is InChI=1S/C16H14ClN3O4/c1-11(24-15-8-6-14(7-9-15)20(22)23)16(21)19-18-10-12-2-4-13(17)5-3-12/h2-11H,1H3,(H,19,21)/b18-10-/t11-/m0/s1. The molecule has 0 radical (unpaired) electrons. The number of nitrogens with one attached hydrogen (secondary N) is 1. The molecule has 8 heteroatoms. The minimum absolute atomic E-state index is 0.0491. The number of nitrogens with zero attached hydrogens (tertiary/aromatic N) is 2. The van der Waals surface area contributed by atoms with E-state index >= 15 is 0 Å². The highest BCUT2D eigenvalue weighted by atomic mass is 35.5. The van der Waals surface area contributed by atoms with Gasteiger partial charge in [0, 0.05) is 17.2 Å². The number of non-ortho nitro benzene ring substituents is 1. The SMILES string of the molecule is C[C@H](Oc1ccc([N+](=O)[O-])cc1)C(=O)N/N=C\c1ccc(Cl)cc1. The smallest absolute Gasteiger partial charge is 0.280 e. The average Bonchev–Trinajstić information content (AvgIpc) is 2.57. The van der Waals surface area contributed by atoms with Crippen LogP contribution < -0.4 is 10.2 Å². The largest absolute Gasteiger partial charge is 0.481 e. The Bertz CT molecular complexity index is 745. The number of nitro groups is 1. The predicted octanol–water partition coefficient (Wildman–Crippen LogP) is 3.17. The summed E-state index contributed by atoms with van der Waals surface area (Å²) in [5.41, 5.74) is 3.09. The summed E-state index contributed by atoms with van der Waals surface area (Å²) in [5, 5.41) is 15.0. The van der Waals surface area contributed by atoms with Crippen molar-refractivity contribution in [1.29, 1.82) is 0 Å². The van der Waals surface area contributed by atoms with Gasteiger partial charge in [-0.25, -0.2) is 5.43 Å². The number of hydrogen-bond donors (Lipinski definition) is 1. The number of carbonyl (C=O) groups is 1. The van der Waals surface area contributed by atoms with Crippen LogP contribution >= 0.6 is 11.6 Å². The van der Waals surface area contributed by atoms with Crippen LogP contribution in [0, 0.1) is 10.1 Å². The molecule has 124 valence electrons. The molecular formula is C16H14ClN3O4. The van der Waals surface area contributed by atoms with Crippen molar-refractivity contribution in [1.82, 2.24) is 5.43 Å². The Labute approximate surface area is 143 Å². The van der Waals surface area contributed by atoms with E-state index in [1.54, 1.807) is 31.2 Å². The molecule has 0 aliphatic carbocycles. The zero-order valence-corrected chi connectivity index (χ0v) is 13.4. The van der Waals surface area contributed by atoms with Crippen LogP contribution in [0.3, 0.4) is 0 Å². The van der Waals surface area contributed by atoms with Gasteiger partial charge in [0.1, 0.15) is 5.75 Å². The van der Waals surface area contributed by atoms with Gasteiger partial charge in [-0.15, -0.1) is 0 Å². The molecule has 0 spiro atoms. The van der Waals surface area contributed by atoms with Gasteiger partial charge in [-0.05, 0) is 36.8 Å². The molecule has 0 saturated heterocycles. The van der Waals surface area contributed by atoms with Crippen molar-refractivity contribution in [3.63, 3.8) is 0 Å². The van der Waals surface area contributed by atoms with E-state index in [0.29, 0.717) is 10.8 Å². The minimum atomic E-state index is -0.811. The summed E-state index contributed by atoms with van der Waals surface area (Å²) in [7, 11) is 0. The lowest BCUT2D eigenvalue weighted by Crippen LogP contribution is -2.33. The highest BCUT2D eigenvalue weighted by Crippen LogP contribution is 2.18. The summed E-state index contributed by atoms with van der Waals surface area (Å²) in [6, 6.07) is 12.4. The van der Waals surface area contributed by atoms with Crippen LogP contribution in [0.5, 0.6) is 5.75 Å². The summed E-state index contributed by atoms with van der Waals surface area (Å²) < 4.78 is 5.40. The first-order valence-electron chi connectivity index (χ1n) is 6.95. The number of carbonyl (C=O) groups excluding carboxylic acids is 1.